The lowest BCUT2D eigenvalue weighted by atomic mass is 10.1. The molecule has 0 aliphatic carbocycles. The Hall–Kier alpha value is -2.36. The van der Waals surface area contributed by atoms with E-state index >= 15 is 0 Å². The maximum atomic E-state index is 13.7. The Morgan fingerprint density at radius 2 is 1.65 bits per heavy atom. The van der Waals surface area contributed by atoms with Gasteiger partial charge in [0, 0.05) is 47.2 Å². The third kappa shape index (κ3) is 3.86. The number of thiophene rings is 1. The van der Waals surface area contributed by atoms with Gasteiger partial charge in [-0.3, -0.25) is 0 Å². The average Bonchev–Trinajstić information content (AvgIpc) is 3.25. The molecule has 3 aromatic rings. The predicted molar refractivity (Wildman–Crippen MR) is 123 cm³/mol. The third-order valence-corrected chi connectivity index (χ3v) is 9.08. The summed E-state index contributed by atoms with van der Waals surface area (Å²) in [6, 6.07) is 7.85. The van der Waals surface area contributed by atoms with Crippen molar-refractivity contribution < 1.29 is 17.7 Å². The van der Waals surface area contributed by atoms with E-state index in [0.717, 1.165) is 32.4 Å². The van der Waals surface area contributed by atoms with Gasteiger partial charge in [0.1, 0.15) is 10.6 Å². The van der Waals surface area contributed by atoms with Crippen molar-refractivity contribution >= 4 is 27.0 Å². The zero-order valence-corrected chi connectivity index (χ0v) is 20.1. The van der Waals surface area contributed by atoms with E-state index in [1.807, 2.05) is 52.0 Å². The lowest BCUT2D eigenvalue weighted by Gasteiger charge is -2.35. The third-order valence-electron chi connectivity index (χ3n) is 5.86. The minimum Gasteiger partial charge on any atom is -0.497 e. The zero-order chi connectivity index (χ0) is 22.3. The number of rotatable bonds is 5. The molecule has 1 fully saturated rings. The molecular formula is C22H27N3O4S2. The van der Waals surface area contributed by atoms with Gasteiger partial charge in [-0.05, 0) is 52.0 Å². The monoisotopic (exact) mass is 461 g/mol. The molecule has 4 rings (SSSR count). The highest BCUT2D eigenvalue weighted by Gasteiger charge is 2.35. The van der Waals surface area contributed by atoms with E-state index in [1.54, 1.807) is 11.4 Å². The van der Waals surface area contributed by atoms with Crippen LogP contribution in [0.1, 0.15) is 21.0 Å². The summed E-state index contributed by atoms with van der Waals surface area (Å²) in [6.45, 7) is 9.69. The summed E-state index contributed by atoms with van der Waals surface area (Å²) in [5.41, 5.74) is 3.36. The molecule has 0 saturated carbocycles. The standard InChI is InChI=1S/C22H27N3O4S2/c1-14-15(2)23-29-21(14)20-16(3)30-17(4)22(20)31(26,27)25-12-10-24(11-13-25)18-6-8-19(28-5)9-7-18/h6-9H,10-13H2,1-5H3. The minimum absolute atomic E-state index is 0.354. The number of aromatic nitrogens is 1. The molecule has 1 aliphatic heterocycles. The van der Waals surface area contributed by atoms with Gasteiger partial charge in [-0.1, -0.05) is 5.16 Å². The van der Waals surface area contributed by atoms with E-state index < -0.39 is 10.0 Å². The fraction of sp³-hybridized carbons (Fsp3) is 0.409. The summed E-state index contributed by atoms with van der Waals surface area (Å²) < 4.78 is 39.7. The average molecular weight is 462 g/mol. The highest BCUT2D eigenvalue weighted by atomic mass is 32.2. The Kier molecular flexibility index (Phi) is 5.85. The molecule has 2 aromatic heterocycles. The maximum absolute atomic E-state index is 13.7. The van der Waals surface area contributed by atoms with Crippen LogP contribution in [-0.2, 0) is 10.0 Å². The molecule has 0 amide bonds. The number of sulfonamides is 1. The summed E-state index contributed by atoms with van der Waals surface area (Å²) in [4.78, 5) is 4.25. The smallest absolute Gasteiger partial charge is 0.245 e. The summed E-state index contributed by atoms with van der Waals surface area (Å²) in [5, 5.41) is 4.04. The summed E-state index contributed by atoms with van der Waals surface area (Å²) in [7, 11) is -2.02. The second kappa shape index (κ2) is 8.29. The van der Waals surface area contributed by atoms with Crippen LogP contribution in [0.5, 0.6) is 5.75 Å². The number of ether oxygens (including phenoxy) is 1. The van der Waals surface area contributed by atoms with Crippen molar-refractivity contribution in [2.24, 2.45) is 0 Å². The summed E-state index contributed by atoms with van der Waals surface area (Å²) in [6.07, 6.45) is 0. The number of hydrogen-bond acceptors (Lipinski definition) is 7. The highest BCUT2D eigenvalue weighted by molar-refractivity contribution is 7.89. The zero-order valence-electron chi connectivity index (χ0n) is 18.4. The predicted octanol–water partition coefficient (Wildman–Crippen LogP) is 4.16. The molecule has 0 atom stereocenters. The molecule has 0 N–H and O–H groups in total. The van der Waals surface area contributed by atoms with Crippen molar-refractivity contribution in [1.82, 2.24) is 9.46 Å². The summed E-state index contributed by atoms with van der Waals surface area (Å²) >= 11 is 1.48. The fourth-order valence-electron chi connectivity index (χ4n) is 3.99. The van der Waals surface area contributed by atoms with E-state index in [2.05, 4.69) is 10.1 Å². The molecule has 7 nitrogen and oxygen atoms in total. The van der Waals surface area contributed by atoms with Gasteiger partial charge in [0.05, 0.1) is 18.4 Å². The quantitative estimate of drug-likeness (QED) is 0.568. The second-order valence-corrected chi connectivity index (χ2v) is 11.0. The number of nitrogens with zero attached hydrogens (tertiary/aromatic N) is 3. The molecule has 1 aliphatic rings. The van der Waals surface area contributed by atoms with Crippen LogP contribution in [-0.4, -0.2) is 51.2 Å². The second-order valence-electron chi connectivity index (χ2n) is 7.73. The van der Waals surface area contributed by atoms with Gasteiger partial charge in [-0.15, -0.1) is 11.3 Å². The topological polar surface area (TPSA) is 75.9 Å². The van der Waals surface area contributed by atoms with Gasteiger partial charge in [0.25, 0.3) is 0 Å². The molecule has 0 bridgehead atoms. The van der Waals surface area contributed by atoms with Gasteiger partial charge in [-0.2, -0.15) is 4.31 Å². The molecule has 0 unspecified atom stereocenters. The van der Waals surface area contributed by atoms with E-state index in [0.29, 0.717) is 42.4 Å². The lowest BCUT2D eigenvalue weighted by molar-refractivity contribution is 0.384. The number of hydrogen-bond donors (Lipinski definition) is 0. The van der Waals surface area contributed by atoms with Crippen LogP contribution in [0.15, 0.2) is 33.7 Å². The van der Waals surface area contributed by atoms with E-state index in [-0.39, 0.29) is 0 Å². The largest absolute Gasteiger partial charge is 0.497 e. The van der Waals surface area contributed by atoms with Crippen molar-refractivity contribution in [3.8, 4) is 17.1 Å². The SMILES string of the molecule is COc1ccc(N2CCN(S(=O)(=O)c3c(C)sc(C)c3-c3onc(C)c3C)CC2)cc1. The normalized spacial score (nSPS) is 15.5. The fourth-order valence-corrected chi connectivity index (χ4v) is 7.22. The van der Waals surface area contributed by atoms with Gasteiger partial charge in [-0.25, -0.2) is 8.42 Å². The van der Waals surface area contributed by atoms with E-state index in [9.17, 15) is 8.42 Å². The molecule has 1 aromatic carbocycles. The lowest BCUT2D eigenvalue weighted by Crippen LogP contribution is -2.48. The molecule has 0 spiro atoms. The Morgan fingerprint density at radius 3 is 2.19 bits per heavy atom. The van der Waals surface area contributed by atoms with Crippen molar-refractivity contribution in [2.75, 3.05) is 38.2 Å². The number of methoxy groups -OCH3 is 1. The van der Waals surface area contributed by atoms with Crippen molar-refractivity contribution in [1.29, 1.82) is 0 Å². The Balaban J connectivity index is 1.61. The van der Waals surface area contributed by atoms with Crippen molar-refractivity contribution in [3.05, 3.63) is 45.3 Å². The molecule has 9 heteroatoms. The van der Waals surface area contributed by atoms with Crippen LogP contribution >= 0.6 is 11.3 Å². The molecule has 166 valence electrons. The highest BCUT2D eigenvalue weighted by Crippen LogP contribution is 2.42. The van der Waals surface area contributed by atoms with Gasteiger partial charge in [0.2, 0.25) is 10.0 Å². The van der Waals surface area contributed by atoms with Gasteiger partial charge in [0.15, 0.2) is 5.76 Å². The van der Waals surface area contributed by atoms with Crippen molar-refractivity contribution in [2.45, 2.75) is 32.6 Å². The molecule has 31 heavy (non-hydrogen) atoms. The first-order chi connectivity index (χ1) is 14.7. The Bertz CT molecular complexity index is 1190. The maximum Gasteiger partial charge on any atom is 0.245 e. The molecule has 0 radical (unpaired) electrons. The minimum atomic E-state index is -3.67. The first-order valence-corrected chi connectivity index (χ1v) is 12.4. The van der Waals surface area contributed by atoms with Crippen LogP contribution in [0.2, 0.25) is 0 Å². The Labute approximate surface area is 187 Å². The van der Waals surface area contributed by atoms with Crippen LogP contribution in [0.3, 0.4) is 0 Å². The van der Waals surface area contributed by atoms with Crippen LogP contribution in [0.25, 0.3) is 11.3 Å². The molecule has 3 heterocycles. The molecule has 1 saturated heterocycles. The number of piperazine rings is 1. The van der Waals surface area contributed by atoms with Gasteiger partial charge < -0.3 is 14.2 Å². The van der Waals surface area contributed by atoms with E-state index in [1.165, 1.54) is 11.3 Å². The summed E-state index contributed by atoms with van der Waals surface area (Å²) in [5.74, 6) is 1.36. The number of aryl methyl sites for hydroxylation is 3. The van der Waals surface area contributed by atoms with Crippen LogP contribution < -0.4 is 9.64 Å². The van der Waals surface area contributed by atoms with Crippen LogP contribution in [0.4, 0.5) is 5.69 Å². The number of anilines is 1. The van der Waals surface area contributed by atoms with Crippen molar-refractivity contribution in [3.63, 3.8) is 0 Å². The Morgan fingerprint density at radius 1 is 1.00 bits per heavy atom. The molecular weight excluding hydrogens is 434 g/mol. The van der Waals surface area contributed by atoms with E-state index in [4.69, 9.17) is 9.26 Å². The van der Waals surface area contributed by atoms with Crippen LogP contribution in [0, 0.1) is 27.7 Å². The number of benzene rings is 1. The first kappa shape index (κ1) is 21.9. The first-order valence-electron chi connectivity index (χ1n) is 10.2. The van der Waals surface area contributed by atoms with Gasteiger partial charge >= 0.3 is 0 Å².